The number of carbonyl (C=O) groups excluding carboxylic acids is 3. The van der Waals surface area contributed by atoms with E-state index in [1.54, 1.807) is 53.7 Å². The number of isocyanates is 1. The average Bonchev–Trinajstić information content (AvgIpc) is 2.45. The second kappa shape index (κ2) is 8.31. The molecular weight excluding hydrogens is 350 g/mol. The number of pyridine rings is 1. The van der Waals surface area contributed by atoms with Gasteiger partial charge in [-0.3, -0.25) is 5.32 Å². The minimum absolute atomic E-state index is 0.0941. The second-order valence-corrected chi connectivity index (χ2v) is 8.33. The van der Waals surface area contributed by atoms with Crippen LogP contribution in [-0.2, 0) is 25.5 Å². The van der Waals surface area contributed by atoms with Crippen LogP contribution in [0, 0.1) is 0 Å². The summed E-state index contributed by atoms with van der Waals surface area (Å²) < 4.78 is 10.5. The number of nitrogens with zero attached hydrogens (tertiary/aromatic N) is 2. The lowest BCUT2D eigenvalue weighted by Crippen LogP contribution is -2.41. The van der Waals surface area contributed by atoms with Crippen molar-refractivity contribution in [3.05, 3.63) is 23.9 Å². The van der Waals surface area contributed by atoms with E-state index in [9.17, 15) is 14.4 Å². The summed E-state index contributed by atoms with van der Waals surface area (Å²) in [7, 11) is 0. The third-order valence-electron chi connectivity index (χ3n) is 3.13. The number of anilines is 1. The van der Waals surface area contributed by atoms with Crippen molar-refractivity contribution in [2.24, 2.45) is 4.99 Å². The number of aromatic nitrogens is 1. The maximum absolute atomic E-state index is 12.4. The van der Waals surface area contributed by atoms with Crippen LogP contribution in [0.25, 0.3) is 0 Å². The summed E-state index contributed by atoms with van der Waals surface area (Å²) in [5.74, 6) is -0.333. The van der Waals surface area contributed by atoms with E-state index in [1.165, 1.54) is 19.2 Å². The summed E-state index contributed by atoms with van der Waals surface area (Å²) >= 11 is 0. The van der Waals surface area contributed by atoms with E-state index in [1.807, 2.05) is 0 Å². The minimum atomic E-state index is -1.42. The molecule has 0 aliphatic heterocycles. The van der Waals surface area contributed by atoms with Crippen molar-refractivity contribution in [3.63, 3.8) is 0 Å². The molecule has 0 bridgehead atoms. The minimum Gasteiger partial charge on any atom is -0.458 e. The number of hydrogen-bond donors (Lipinski definition) is 1. The highest BCUT2D eigenvalue weighted by Gasteiger charge is 2.37. The van der Waals surface area contributed by atoms with Crippen molar-refractivity contribution < 1.29 is 23.9 Å². The standard InChI is InChI=1S/C19H27N3O5/c1-17(2,3)26-15(24)19(7,21-12-23)10-13-8-9-14(20-11-13)22-16(25)27-18(4,5)6/h8-9,11H,10H2,1-7H3,(H,20,22,25). The molecule has 8 nitrogen and oxygen atoms in total. The SMILES string of the molecule is CC(C)(C)OC(=O)Nc1ccc(CC(C)(N=C=O)C(=O)OC(C)(C)C)cn1. The Morgan fingerprint density at radius 3 is 2.11 bits per heavy atom. The van der Waals surface area contributed by atoms with Crippen LogP contribution in [0.1, 0.15) is 54.0 Å². The lowest BCUT2D eigenvalue weighted by molar-refractivity contribution is -0.160. The molecular formula is C19H27N3O5. The van der Waals surface area contributed by atoms with Gasteiger partial charge in [-0.15, -0.1) is 0 Å². The van der Waals surface area contributed by atoms with Crippen molar-refractivity contribution in [1.29, 1.82) is 0 Å². The average molecular weight is 377 g/mol. The maximum atomic E-state index is 12.4. The molecule has 1 N–H and O–H groups in total. The van der Waals surface area contributed by atoms with Gasteiger partial charge in [0.15, 0.2) is 5.54 Å². The lowest BCUT2D eigenvalue weighted by atomic mass is 9.94. The first-order valence-electron chi connectivity index (χ1n) is 8.51. The maximum Gasteiger partial charge on any atom is 0.413 e. The van der Waals surface area contributed by atoms with Gasteiger partial charge >= 0.3 is 12.1 Å². The van der Waals surface area contributed by atoms with Crippen LogP contribution in [0.5, 0.6) is 0 Å². The normalized spacial score (nSPS) is 13.7. The Balaban J connectivity index is 2.88. The van der Waals surface area contributed by atoms with Crippen LogP contribution in [0.2, 0.25) is 0 Å². The van der Waals surface area contributed by atoms with Crippen molar-refractivity contribution >= 4 is 24.0 Å². The monoisotopic (exact) mass is 377 g/mol. The van der Waals surface area contributed by atoms with Gasteiger partial charge in [0.25, 0.3) is 0 Å². The van der Waals surface area contributed by atoms with E-state index in [0.29, 0.717) is 11.4 Å². The Bertz CT molecular complexity index is 725. The molecule has 0 spiro atoms. The third-order valence-corrected chi connectivity index (χ3v) is 3.13. The molecule has 1 aromatic rings. The first-order valence-corrected chi connectivity index (χ1v) is 8.51. The van der Waals surface area contributed by atoms with Gasteiger partial charge in [-0.25, -0.2) is 19.4 Å². The van der Waals surface area contributed by atoms with E-state index < -0.39 is 28.8 Å². The van der Waals surface area contributed by atoms with Gasteiger partial charge < -0.3 is 9.47 Å². The molecule has 1 unspecified atom stereocenters. The van der Waals surface area contributed by atoms with Crippen molar-refractivity contribution in [3.8, 4) is 0 Å². The Labute approximate surface area is 159 Å². The number of rotatable bonds is 5. The summed E-state index contributed by atoms with van der Waals surface area (Å²) in [6.07, 6.45) is 2.39. The van der Waals surface area contributed by atoms with Gasteiger partial charge in [0.1, 0.15) is 17.0 Å². The van der Waals surface area contributed by atoms with E-state index in [2.05, 4.69) is 15.3 Å². The molecule has 0 radical (unpaired) electrons. The van der Waals surface area contributed by atoms with Crippen molar-refractivity contribution in [2.45, 2.75) is 71.6 Å². The summed E-state index contributed by atoms with van der Waals surface area (Å²) in [6, 6.07) is 3.24. The molecule has 0 aromatic carbocycles. The van der Waals surface area contributed by atoms with E-state index in [4.69, 9.17) is 9.47 Å². The zero-order valence-corrected chi connectivity index (χ0v) is 16.9. The van der Waals surface area contributed by atoms with Crippen molar-refractivity contribution in [2.75, 3.05) is 5.32 Å². The summed E-state index contributed by atoms with van der Waals surface area (Å²) in [6.45, 7) is 12.0. The number of aliphatic imine (C=N–C) groups is 1. The van der Waals surface area contributed by atoms with Gasteiger partial charge in [0.2, 0.25) is 6.08 Å². The summed E-state index contributed by atoms with van der Waals surface area (Å²) in [4.78, 5) is 42.8. The highest BCUT2D eigenvalue weighted by molar-refractivity contribution is 5.84. The van der Waals surface area contributed by atoms with Crippen LogP contribution in [0.4, 0.5) is 10.6 Å². The number of amides is 1. The molecule has 1 rings (SSSR count). The summed E-state index contributed by atoms with van der Waals surface area (Å²) in [5.41, 5.74) is -2.11. The van der Waals surface area contributed by atoms with Crippen LogP contribution in [0.3, 0.4) is 0 Å². The molecule has 0 saturated heterocycles. The number of ether oxygens (including phenoxy) is 2. The third kappa shape index (κ3) is 8.00. The largest absolute Gasteiger partial charge is 0.458 e. The van der Waals surface area contributed by atoms with E-state index >= 15 is 0 Å². The van der Waals surface area contributed by atoms with Gasteiger partial charge in [-0.1, -0.05) is 6.07 Å². The van der Waals surface area contributed by atoms with Gasteiger partial charge in [0.05, 0.1) is 0 Å². The fourth-order valence-electron chi connectivity index (χ4n) is 2.05. The smallest absolute Gasteiger partial charge is 0.413 e. The van der Waals surface area contributed by atoms with Gasteiger partial charge in [-0.05, 0) is 60.1 Å². The van der Waals surface area contributed by atoms with Crippen LogP contribution >= 0.6 is 0 Å². The van der Waals surface area contributed by atoms with Crippen LogP contribution in [0.15, 0.2) is 23.3 Å². The Morgan fingerprint density at radius 2 is 1.67 bits per heavy atom. The predicted octanol–water partition coefficient (Wildman–Crippen LogP) is 3.41. The molecule has 1 atom stereocenters. The van der Waals surface area contributed by atoms with Gasteiger partial charge in [-0.2, -0.15) is 4.99 Å². The Hall–Kier alpha value is -2.73. The topological polar surface area (TPSA) is 107 Å². The van der Waals surface area contributed by atoms with Crippen LogP contribution < -0.4 is 5.32 Å². The number of carbonyl (C=O) groups is 2. The zero-order valence-electron chi connectivity index (χ0n) is 16.9. The Morgan fingerprint density at radius 1 is 1.07 bits per heavy atom. The molecule has 27 heavy (non-hydrogen) atoms. The van der Waals surface area contributed by atoms with Crippen LogP contribution in [-0.4, -0.2) is 39.9 Å². The number of hydrogen-bond acceptors (Lipinski definition) is 7. The molecule has 148 valence electrons. The quantitative estimate of drug-likeness (QED) is 0.479. The first-order chi connectivity index (χ1) is 12.2. The number of nitrogens with one attached hydrogen (secondary N) is 1. The first kappa shape index (κ1) is 22.3. The molecule has 1 amide bonds. The molecule has 0 saturated carbocycles. The fourth-order valence-corrected chi connectivity index (χ4v) is 2.05. The molecule has 8 heteroatoms. The molecule has 0 aliphatic carbocycles. The van der Waals surface area contributed by atoms with E-state index in [0.717, 1.165) is 0 Å². The van der Waals surface area contributed by atoms with Gasteiger partial charge in [0, 0.05) is 12.6 Å². The lowest BCUT2D eigenvalue weighted by Gasteiger charge is -2.27. The highest BCUT2D eigenvalue weighted by Crippen LogP contribution is 2.23. The molecule has 0 fully saturated rings. The van der Waals surface area contributed by atoms with Crippen molar-refractivity contribution in [1.82, 2.24) is 4.98 Å². The Kier molecular flexibility index (Phi) is 6.87. The fraction of sp³-hybridized carbons (Fsp3) is 0.579. The molecule has 0 aliphatic rings. The molecule has 1 heterocycles. The number of esters is 1. The second-order valence-electron chi connectivity index (χ2n) is 8.33. The van der Waals surface area contributed by atoms with E-state index in [-0.39, 0.29) is 6.42 Å². The summed E-state index contributed by atoms with van der Waals surface area (Å²) in [5, 5.41) is 2.52. The highest BCUT2D eigenvalue weighted by atomic mass is 16.6. The zero-order chi connectivity index (χ0) is 20.9. The predicted molar refractivity (Wildman–Crippen MR) is 100 cm³/mol. The molecule has 1 aromatic heterocycles.